The van der Waals surface area contributed by atoms with Crippen LogP contribution in [0, 0.1) is 5.92 Å². The molecule has 92 valence electrons. The van der Waals surface area contributed by atoms with Crippen LogP contribution in [0.4, 0.5) is 5.69 Å². The summed E-state index contributed by atoms with van der Waals surface area (Å²) in [6.07, 6.45) is 4.06. The van der Waals surface area contributed by atoms with Gasteiger partial charge in [0.2, 0.25) is 0 Å². The molecular formula is C14H20N2O. The summed E-state index contributed by atoms with van der Waals surface area (Å²) in [5.41, 5.74) is 7.79. The van der Waals surface area contributed by atoms with E-state index in [0.29, 0.717) is 5.92 Å². The van der Waals surface area contributed by atoms with Gasteiger partial charge in [-0.15, -0.1) is 0 Å². The molecule has 0 aliphatic carbocycles. The van der Waals surface area contributed by atoms with Crippen LogP contribution in [0.1, 0.15) is 19.8 Å². The van der Waals surface area contributed by atoms with Crippen molar-refractivity contribution in [3.63, 3.8) is 0 Å². The Balaban J connectivity index is 2.23. The van der Waals surface area contributed by atoms with E-state index in [4.69, 9.17) is 10.8 Å². The third-order valence-electron chi connectivity index (χ3n) is 3.36. The molecule has 0 bridgehead atoms. The summed E-state index contributed by atoms with van der Waals surface area (Å²) in [6, 6.07) is 8.10. The predicted octanol–water partition coefficient (Wildman–Crippen LogP) is 2.63. The number of aliphatic hydroxyl groups excluding tert-OH is 1. The zero-order valence-electron chi connectivity index (χ0n) is 10.3. The van der Waals surface area contributed by atoms with Crippen molar-refractivity contribution in [1.29, 1.82) is 0 Å². The molecule has 2 aromatic rings. The topological polar surface area (TPSA) is 51.2 Å². The van der Waals surface area contributed by atoms with E-state index < -0.39 is 0 Å². The minimum atomic E-state index is 0.269. The first kappa shape index (κ1) is 12.0. The Hall–Kier alpha value is -1.48. The van der Waals surface area contributed by atoms with Crippen molar-refractivity contribution in [2.45, 2.75) is 26.3 Å². The van der Waals surface area contributed by atoms with Gasteiger partial charge in [-0.1, -0.05) is 13.3 Å². The van der Waals surface area contributed by atoms with Gasteiger partial charge in [0, 0.05) is 35.9 Å². The summed E-state index contributed by atoms with van der Waals surface area (Å²) >= 11 is 0. The Morgan fingerprint density at radius 1 is 1.35 bits per heavy atom. The Morgan fingerprint density at radius 3 is 2.88 bits per heavy atom. The van der Waals surface area contributed by atoms with E-state index in [9.17, 15) is 0 Å². The van der Waals surface area contributed by atoms with Crippen LogP contribution < -0.4 is 5.73 Å². The molecule has 0 saturated heterocycles. The fourth-order valence-electron chi connectivity index (χ4n) is 2.26. The van der Waals surface area contributed by atoms with Crippen LogP contribution in [0.3, 0.4) is 0 Å². The molecule has 0 radical (unpaired) electrons. The molecule has 0 spiro atoms. The predicted molar refractivity (Wildman–Crippen MR) is 71.8 cm³/mol. The normalized spacial score (nSPS) is 13.1. The van der Waals surface area contributed by atoms with Crippen LogP contribution in [0.25, 0.3) is 10.9 Å². The molecule has 0 aliphatic rings. The van der Waals surface area contributed by atoms with Gasteiger partial charge < -0.3 is 15.4 Å². The third kappa shape index (κ3) is 2.61. The van der Waals surface area contributed by atoms with Crippen molar-refractivity contribution in [3.8, 4) is 0 Å². The Morgan fingerprint density at radius 2 is 2.18 bits per heavy atom. The van der Waals surface area contributed by atoms with Crippen LogP contribution in [-0.4, -0.2) is 16.3 Å². The van der Waals surface area contributed by atoms with Crippen molar-refractivity contribution in [1.82, 2.24) is 4.57 Å². The van der Waals surface area contributed by atoms with Gasteiger partial charge in [0.1, 0.15) is 0 Å². The van der Waals surface area contributed by atoms with Crippen molar-refractivity contribution in [3.05, 3.63) is 30.5 Å². The zero-order valence-corrected chi connectivity index (χ0v) is 10.3. The van der Waals surface area contributed by atoms with Crippen LogP contribution in [0.2, 0.25) is 0 Å². The molecule has 1 aromatic heterocycles. The summed E-state index contributed by atoms with van der Waals surface area (Å²) in [7, 11) is 0. The highest BCUT2D eigenvalue weighted by Gasteiger charge is 2.08. The molecular weight excluding hydrogens is 212 g/mol. The van der Waals surface area contributed by atoms with Gasteiger partial charge in [-0.05, 0) is 36.6 Å². The molecule has 17 heavy (non-hydrogen) atoms. The van der Waals surface area contributed by atoms with Gasteiger partial charge >= 0.3 is 0 Å². The maximum absolute atomic E-state index is 9.02. The van der Waals surface area contributed by atoms with Crippen molar-refractivity contribution in [2.24, 2.45) is 5.92 Å². The van der Waals surface area contributed by atoms with Gasteiger partial charge in [0.15, 0.2) is 0 Å². The van der Waals surface area contributed by atoms with Gasteiger partial charge in [-0.25, -0.2) is 0 Å². The minimum Gasteiger partial charge on any atom is -0.399 e. The number of hydrogen-bond acceptors (Lipinski definition) is 2. The number of nitrogens with zero attached hydrogens (tertiary/aromatic N) is 1. The van der Waals surface area contributed by atoms with Gasteiger partial charge in [0.25, 0.3) is 0 Å². The van der Waals surface area contributed by atoms with Crippen molar-refractivity contribution in [2.75, 3.05) is 12.3 Å². The van der Waals surface area contributed by atoms with Crippen LogP contribution in [0.5, 0.6) is 0 Å². The summed E-state index contributed by atoms with van der Waals surface area (Å²) in [5.74, 6) is 0.535. The summed E-state index contributed by atoms with van der Waals surface area (Å²) in [4.78, 5) is 0. The number of rotatable bonds is 5. The third-order valence-corrected chi connectivity index (χ3v) is 3.36. The Labute approximate surface area is 102 Å². The summed E-state index contributed by atoms with van der Waals surface area (Å²) in [6.45, 7) is 3.40. The van der Waals surface area contributed by atoms with Crippen molar-refractivity contribution < 1.29 is 5.11 Å². The molecule has 0 saturated carbocycles. The lowest BCUT2D eigenvalue weighted by Gasteiger charge is -2.15. The lowest BCUT2D eigenvalue weighted by molar-refractivity contribution is 0.244. The highest BCUT2D eigenvalue weighted by Crippen LogP contribution is 2.21. The first-order valence-electron chi connectivity index (χ1n) is 6.19. The highest BCUT2D eigenvalue weighted by molar-refractivity contribution is 5.83. The standard InChI is InChI=1S/C14H20N2O/c1-2-11(6-8-17)10-16-7-5-12-9-13(15)3-4-14(12)16/h3-5,7,9,11,17H,2,6,8,10,15H2,1H3. The highest BCUT2D eigenvalue weighted by atomic mass is 16.3. The van der Waals surface area contributed by atoms with E-state index in [1.54, 1.807) is 0 Å². The molecule has 3 nitrogen and oxygen atoms in total. The number of nitrogen functional groups attached to an aromatic ring is 1. The number of anilines is 1. The van der Waals surface area contributed by atoms with Crippen LogP contribution in [0.15, 0.2) is 30.5 Å². The molecule has 1 atom stereocenters. The molecule has 0 aliphatic heterocycles. The number of fused-ring (bicyclic) bond motifs is 1. The monoisotopic (exact) mass is 232 g/mol. The van der Waals surface area contributed by atoms with Crippen LogP contribution in [-0.2, 0) is 6.54 Å². The molecule has 1 aromatic carbocycles. The number of aromatic nitrogens is 1. The maximum atomic E-state index is 9.02. The average Bonchev–Trinajstić information content (AvgIpc) is 2.71. The first-order chi connectivity index (χ1) is 8.24. The minimum absolute atomic E-state index is 0.269. The molecule has 0 fully saturated rings. The van der Waals surface area contributed by atoms with E-state index in [-0.39, 0.29) is 6.61 Å². The van der Waals surface area contributed by atoms with E-state index in [1.165, 1.54) is 10.9 Å². The number of hydrogen-bond donors (Lipinski definition) is 2. The quantitative estimate of drug-likeness (QED) is 0.779. The number of benzene rings is 1. The van der Waals surface area contributed by atoms with E-state index in [1.807, 2.05) is 12.1 Å². The SMILES string of the molecule is CCC(CCO)Cn1ccc2cc(N)ccc21. The molecule has 1 unspecified atom stereocenters. The van der Waals surface area contributed by atoms with Crippen LogP contribution >= 0.6 is 0 Å². The molecule has 1 heterocycles. The molecule has 3 N–H and O–H groups in total. The Kier molecular flexibility index (Phi) is 3.69. The lowest BCUT2D eigenvalue weighted by atomic mass is 10.0. The summed E-state index contributed by atoms with van der Waals surface area (Å²) < 4.78 is 2.25. The molecule has 0 amide bonds. The zero-order chi connectivity index (χ0) is 12.3. The Bertz CT molecular complexity index is 490. The van der Waals surface area contributed by atoms with Crippen molar-refractivity contribution >= 4 is 16.6 Å². The maximum Gasteiger partial charge on any atom is 0.0481 e. The second-order valence-corrected chi connectivity index (χ2v) is 4.57. The fourth-order valence-corrected chi connectivity index (χ4v) is 2.26. The second kappa shape index (κ2) is 5.23. The fraction of sp³-hybridized carbons (Fsp3) is 0.429. The van der Waals surface area contributed by atoms with E-state index in [2.05, 4.69) is 29.8 Å². The molecule has 2 rings (SSSR count). The lowest BCUT2D eigenvalue weighted by Crippen LogP contribution is -2.10. The summed E-state index contributed by atoms with van der Waals surface area (Å²) in [5, 5.41) is 10.2. The number of nitrogens with two attached hydrogens (primary N) is 1. The van der Waals surface area contributed by atoms with E-state index >= 15 is 0 Å². The average molecular weight is 232 g/mol. The van der Waals surface area contributed by atoms with E-state index in [0.717, 1.165) is 25.1 Å². The first-order valence-corrected chi connectivity index (χ1v) is 6.19. The van der Waals surface area contributed by atoms with Gasteiger partial charge in [-0.2, -0.15) is 0 Å². The molecule has 3 heteroatoms. The van der Waals surface area contributed by atoms with Gasteiger partial charge in [0.05, 0.1) is 0 Å². The van der Waals surface area contributed by atoms with Gasteiger partial charge in [-0.3, -0.25) is 0 Å². The largest absolute Gasteiger partial charge is 0.399 e. The second-order valence-electron chi connectivity index (χ2n) is 4.57. The smallest absolute Gasteiger partial charge is 0.0481 e. The number of aliphatic hydroxyl groups is 1.